The standard InChI is InChI=1S/C16H17N5O3S/c1-12-19-16(11-24-12)13-2-4-15(5-3-13)25(22,23)20-9-6-14(10-20)21-17-7-8-18-21/h2-5,7-8,11,14H,6,9-10H2,1H3. The molecular weight excluding hydrogens is 342 g/mol. The zero-order valence-electron chi connectivity index (χ0n) is 13.6. The first-order chi connectivity index (χ1) is 12.0. The predicted molar refractivity (Wildman–Crippen MR) is 89.1 cm³/mol. The highest BCUT2D eigenvalue weighted by Gasteiger charge is 2.34. The summed E-state index contributed by atoms with van der Waals surface area (Å²) in [6, 6.07) is 6.67. The van der Waals surface area contributed by atoms with Crippen molar-refractivity contribution in [3.05, 3.63) is 48.8 Å². The van der Waals surface area contributed by atoms with Crippen LogP contribution in [-0.4, -0.2) is 45.8 Å². The van der Waals surface area contributed by atoms with Crippen molar-refractivity contribution in [2.45, 2.75) is 24.3 Å². The fraction of sp³-hybridized carbons (Fsp3) is 0.312. The van der Waals surface area contributed by atoms with Gasteiger partial charge in [-0.1, -0.05) is 12.1 Å². The van der Waals surface area contributed by atoms with E-state index in [2.05, 4.69) is 15.2 Å². The van der Waals surface area contributed by atoms with Crippen LogP contribution in [0.15, 0.2) is 52.2 Å². The van der Waals surface area contributed by atoms with Gasteiger partial charge in [-0.3, -0.25) is 0 Å². The van der Waals surface area contributed by atoms with Crippen molar-refractivity contribution < 1.29 is 12.8 Å². The highest BCUT2D eigenvalue weighted by Crippen LogP contribution is 2.28. The molecule has 0 bridgehead atoms. The van der Waals surface area contributed by atoms with Gasteiger partial charge in [0.05, 0.1) is 23.3 Å². The Morgan fingerprint density at radius 1 is 1.16 bits per heavy atom. The third kappa shape index (κ3) is 2.96. The predicted octanol–water partition coefficient (Wildman–Crippen LogP) is 1.88. The number of hydrogen-bond donors (Lipinski definition) is 0. The summed E-state index contributed by atoms with van der Waals surface area (Å²) in [6.45, 7) is 2.60. The molecule has 2 aromatic heterocycles. The summed E-state index contributed by atoms with van der Waals surface area (Å²) < 4.78 is 32.4. The number of aromatic nitrogens is 4. The number of hydrogen-bond acceptors (Lipinski definition) is 6. The van der Waals surface area contributed by atoms with Crippen LogP contribution in [0, 0.1) is 6.92 Å². The van der Waals surface area contributed by atoms with Crippen LogP contribution < -0.4 is 0 Å². The highest BCUT2D eigenvalue weighted by atomic mass is 32.2. The summed E-state index contributed by atoms with van der Waals surface area (Å²) in [4.78, 5) is 6.09. The van der Waals surface area contributed by atoms with Crippen molar-refractivity contribution in [1.29, 1.82) is 0 Å². The van der Waals surface area contributed by atoms with Crippen LogP contribution >= 0.6 is 0 Å². The van der Waals surface area contributed by atoms with Crippen LogP contribution in [0.4, 0.5) is 0 Å². The molecule has 1 fully saturated rings. The van der Waals surface area contributed by atoms with Gasteiger partial charge >= 0.3 is 0 Å². The van der Waals surface area contributed by atoms with Crippen LogP contribution in [0.2, 0.25) is 0 Å². The van der Waals surface area contributed by atoms with E-state index in [9.17, 15) is 8.42 Å². The molecular formula is C16H17N5O3S. The summed E-state index contributed by atoms with van der Waals surface area (Å²) in [5, 5.41) is 8.21. The van der Waals surface area contributed by atoms with Crippen molar-refractivity contribution in [1.82, 2.24) is 24.3 Å². The van der Waals surface area contributed by atoms with E-state index in [-0.39, 0.29) is 10.9 Å². The molecule has 0 aliphatic carbocycles. The fourth-order valence-corrected chi connectivity index (χ4v) is 4.47. The van der Waals surface area contributed by atoms with E-state index in [1.807, 2.05) is 0 Å². The van der Waals surface area contributed by atoms with Crippen LogP contribution in [0.5, 0.6) is 0 Å². The molecule has 1 unspecified atom stereocenters. The van der Waals surface area contributed by atoms with Crippen LogP contribution in [0.3, 0.4) is 0 Å². The fourth-order valence-electron chi connectivity index (χ4n) is 2.97. The number of oxazole rings is 1. The first kappa shape index (κ1) is 16.0. The summed E-state index contributed by atoms with van der Waals surface area (Å²) in [6.07, 6.45) is 5.45. The van der Waals surface area contributed by atoms with Gasteiger partial charge in [0, 0.05) is 25.6 Å². The molecule has 1 aromatic carbocycles. The minimum atomic E-state index is -3.54. The van der Waals surface area contributed by atoms with E-state index < -0.39 is 10.0 Å². The summed E-state index contributed by atoms with van der Waals surface area (Å²) >= 11 is 0. The lowest BCUT2D eigenvalue weighted by atomic mass is 10.2. The van der Waals surface area contributed by atoms with Crippen molar-refractivity contribution in [2.75, 3.05) is 13.1 Å². The van der Waals surface area contributed by atoms with Crippen LogP contribution in [0.25, 0.3) is 11.3 Å². The van der Waals surface area contributed by atoms with Crippen molar-refractivity contribution in [3.8, 4) is 11.3 Å². The molecule has 4 rings (SSSR count). The van der Waals surface area contributed by atoms with Crippen LogP contribution in [0.1, 0.15) is 18.4 Å². The second kappa shape index (κ2) is 6.08. The van der Waals surface area contributed by atoms with Gasteiger partial charge in [0.1, 0.15) is 12.0 Å². The van der Waals surface area contributed by atoms with Gasteiger partial charge in [-0.2, -0.15) is 19.3 Å². The average molecular weight is 359 g/mol. The van der Waals surface area contributed by atoms with Gasteiger partial charge in [-0.15, -0.1) is 0 Å². The molecule has 0 radical (unpaired) electrons. The van der Waals surface area contributed by atoms with Gasteiger partial charge in [0.25, 0.3) is 0 Å². The number of rotatable bonds is 4. The molecule has 1 aliphatic rings. The smallest absolute Gasteiger partial charge is 0.243 e. The maximum absolute atomic E-state index is 12.8. The Balaban J connectivity index is 1.54. The van der Waals surface area contributed by atoms with Crippen molar-refractivity contribution in [2.24, 2.45) is 0 Å². The normalized spacial score (nSPS) is 18.7. The summed E-state index contributed by atoms with van der Waals surface area (Å²) in [5.41, 5.74) is 1.50. The Bertz CT molecular complexity index is 964. The molecule has 0 N–H and O–H groups in total. The molecule has 0 saturated carbocycles. The molecule has 1 atom stereocenters. The largest absolute Gasteiger partial charge is 0.449 e. The monoisotopic (exact) mass is 359 g/mol. The Kier molecular flexibility index (Phi) is 3.89. The molecule has 1 saturated heterocycles. The Hall–Kier alpha value is -2.52. The SMILES string of the molecule is Cc1nc(-c2ccc(S(=O)(=O)N3CCC(n4nccn4)C3)cc2)co1. The first-order valence-electron chi connectivity index (χ1n) is 7.92. The summed E-state index contributed by atoms with van der Waals surface area (Å²) in [5.74, 6) is 0.571. The molecule has 9 heteroatoms. The van der Waals surface area contributed by atoms with E-state index in [1.54, 1.807) is 54.6 Å². The minimum Gasteiger partial charge on any atom is -0.449 e. The van der Waals surface area contributed by atoms with Crippen molar-refractivity contribution in [3.63, 3.8) is 0 Å². The molecule has 3 heterocycles. The van der Waals surface area contributed by atoms with Gasteiger partial charge in [-0.25, -0.2) is 13.4 Å². The molecule has 130 valence electrons. The molecule has 25 heavy (non-hydrogen) atoms. The first-order valence-corrected chi connectivity index (χ1v) is 9.36. The van der Waals surface area contributed by atoms with E-state index in [1.165, 1.54) is 4.31 Å². The topological polar surface area (TPSA) is 94.1 Å². The molecule has 1 aliphatic heterocycles. The lowest BCUT2D eigenvalue weighted by Crippen LogP contribution is -2.29. The molecule has 3 aromatic rings. The zero-order chi connectivity index (χ0) is 17.4. The third-order valence-corrected chi connectivity index (χ3v) is 6.18. The minimum absolute atomic E-state index is 0.0258. The quantitative estimate of drug-likeness (QED) is 0.706. The number of sulfonamides is 1. The van der Waals surface area contributed by atoms with Gasteiger partial charge in [0.15, 0.2) is 5.89 Å². The Morgan fingerprint density at radius 3 is 2.52 bits per heavy atom. The second-order valence-electron chi connectivity index (χ2n) is 5.93. The highest BCUT2D eigenvalue weighted by molar-refractivity contribution is 7.89. The second-order valence-corrected chi connectivity index (χ2v) is 7.87. The number of nitrogens with zero attached hydrogens (tertiary/aromatic N) is 5. The van der Waals surface area contributed by atoms with Crippen molar-refractivity contribution >= 4 is 10.0 Å². The number of aryl methyl sites for hydroxylation is 1. The Labute approximate surface area is 145 Å². The van der Waals surface area contributed by atoms with E-state index >= 15 is 0 Å². The van der Waals surface area contributed by atoms with Gasteiger partial charge in [0.2, 0.25) is 10.0 Å². The third-order valence-electron chi connectivity index (χ3n) is 4.30. The molecule has 0 spiro atoms. The Morgan fingerprint density at radius 2 is 1.88 bits per heavy atom. The molecule has 0 amide bonds. The van der Waals surface area contributed by atoms with Crippen LogP contribution in [-0.2, 0) is 10.0 Å². The maximum atomic E-state index is 12.8. The lowest BCUT2D eigenvalue weighted by molar-refractivity contribution is 0.402. The number of benzene rings is 1. The summed E-state index contributed by atoms with van der Waals surface area (Å²) in [7, 11) is -3.54. The average Bonchev–Trinajstić information content (AvgIpc) is 3.35. The molecule has 8 nitrogen and oxygen atoms in total. The van der Waals surface area contributed by atoms with Gasteiger partial charge < -0.3 is 4.42 Å². The lowest BCUT2D eigenvalue weighted by Gasteiger charge is -2.16. The maximum Gasteiger partial charge on any atom is 0.243 e. The van der Waals surface area contributed by atoms with Gasteiger partial charge in [-0.05, 0) is 18.6 Å². The van der Waals surface area contributed by atoms with E-state index in [0.29, 0.717) is 31.1 Å². The van der Waals surface area contributed by atoms with E-state index in [4.69, 9.17) is 4.42 Å². The zero-order valence-corrected chi connectivity index (χ0v) is 14.4. The van der Waals surface area contributed by atoms with E-state index in [0.717, 1.165) is 5.56 Å².